The lowest BCUT2D eigenvalue weighted by Crippen LogP contribution is -2.43. The highest BCUT2D eigenvalue weighted by molar-refractivity contribution is 7.90. The number of nitrogens with zero attached hydrogens (tertiary/aromatic N) is 3. The monoisotopic (exact) mass is 410 g/mol. The summed E-state index contributed by atoms with van der Waals surface area (Å²) in [5.41, 5.74) is -0.895. The normalized spacial score (nSPS) is 15.9. The van der Waals surface area contributed by atoms with Gasteiger partial charge in [-0.1, -0.05) is 12.1 Å². The molecule has 3 aromatic rings. The summed E-state index contributed by atoms with van der Waals surface area (Å²) in [6.45, 7) is 2.97. The fraction of sp³-hybridized carbons (Fsp3) is 0.278. The third-order valence-electron chi connectivity index (χ3n) is 4.71. The molecule has 1 aliphatic heterocycles. The molecule has 0 saturated carbocycles. The third-order valence-corrected chi connectivity index (χ3v) is 6.45. The number of aromatic nitrogens is 2. The standard InChI is InChI=1S/C18H17F3N4O2S/c19-18(20,21)14-3-1-2-4-16(14)28(26,27)25-10-6-13-15(25)5-7-23-17(13)24-11-8-22-9-12-24/h1-7,10,22H,8-9,11-12H2. The lowest BCUT2D eigenvalue weighted by atomic mass is 10.2. The van der Waals surface area contributed by atoms with Crippen molar-refractivity contribution >= 4 is 26.7 Å². The molecule has 0 unspecified atom stereocenters. The Bertz CT molecular complexity index is 1120. The van der Waals surface area contributed by atoms with Crippen LogP contribution in [0.3, 0.4) is 0 Å². The molecule has 0 spiro atoms. The van der Waals surface area contributed by atoms with Crippen molar-refractivity contribution in [2.24, 2.45) is 0 Å². The first-order valence-corrected chi connectivity index (χ1v) is 10.1. The van der Waals surface area contributed by atoms with Crippen molar-refractivity contribution in [2.75, 3.05) is 31.1 Å². The first-order valence-electron chi connectivity index (χ1n) is 8.64. The minimum absolute atomic E-state index is 0.292. The first kappa shape index (κ1) is 18.8. The summed E-state index contributed by atoms with van der Waals surface area (Å²) in [4.78, 5) is 5.62. The molecule has 1 aliphatic rings. The smallest absolute Gasteiger partial charge is 0.354 e. The van der Waals surface area contributed by atoms with E-state index >= 15 is 0 Å². The summed E-state index contributed by atoms with van der Waals surface area (Å²) in [7, 11) is -4.45. The lowest BCUT2D eigenvalue weighted by Gasteiger charge is -2.28. The van der Waals surface area contributed by atoms with Gasteiger partial charge in [-0.2, -0.15) is 13.2 Å². The number of halogens is 3. The van der Waals surface area contributed by atoms with E-state index in [1.807, 2.05) is 4.90 Å². The van der Waals surface area contributed by atoms with Gasteiger partial charge in [0, 0.05) is 44.0 Å². The minimum atomic E-state index is -4.78. The van der Waals surface area contributed by atoms with Crippen LogP contribution in [0.25, 0.3) is 10.9 Å². The predicted molar refractivity (Wildman–Crippen MR) is 98.8 cm³/mol. The molecular formula is C18H17F3N4O2S. The number of pyridine rings is 1. The minimum Gasteiger partial charge on any atom is -0.354 e. The van der Waals surface area contributed by atoms with Gasteiger partial charge in [-0.3, -0.25) is 0 Å². The van der Waals surface area contributed by atoms with Gasteiger partial charge >= 0.3 is 6.18 Å². The molecule has 10 heteroatoms. The molecular weight excluding hydrogens is 393 g/mol. The topological polar surface area (TPSA) is 67.2 Å². The van der Waals surface area contributed by atoms with Crippen LogP contribution in [-0.4, -0.2) is 43.6 Å². The predicted octanol–water partition coefficient (Wildman–Crippen LogP) is 2.70. The average molecular weight is 410 g/mol. The zero-order valence-electron chi connectivity index (χ0n) is 14.6. The van der Waals surface area contributed by atoms with Gasteiger partial charge in [0.1, 0.15) is 10.7 Å². The van der Waals surface area contributed by atoms with E-state index in [4.69, 9.17) is 0 Å². The summed E-state index contributed by atoms with van der Waals surface area (Å²) in [5.74, 6) is 0.622. The molecule has 6 nitrogen and oxygen atoms in total. The quantitative estimate of drug-likeness (QED) is 0.719. The highest BCUT2D eigenvalue weighted by atomic mass is 32.2. The number of benzene rings is 1. The van der Waals surface area contributed by atoms with Gasteiger partial charge in [0.25, 0.3) is 10.0 Å². The number of alkyl halides is 3. The Labute approximate surface area is 159 Å². The van der Waals surface area contributed by atoms with Gasteiger partial charge in [0.2, 0.25) is 0 Å². The molecule has 0 radical (unpaired) electrons. The molecule has 1 N–H and O–H groups in total. The molecule has 1 saturated heterocycles. The van der Waals surface area contributed by atoms with Crippen LogP contribution >= 0.6 is 0 Å². The second-order valence-electron chi connectivity index (χ2n) is 6.41. The van der Waals surface area contributed by atoms with Gasteiger partial charge in [-0.25, -0.2) is 17.4 Å². The Morgan fingerprint density at radius 2 is 1.75 bits per heavy atom. The van der Waals surface area contributed by atoms with Gasteiger partial charge < -0.3 is 10.2 Å². The van der Waals surface area contributed by atoms with Crippen LogP contribution < -0.4 is 10.2 Å². The number of piperazine rings is 1. The van der Waals surface area contributed by atoms with Crippen LogP contribution in [0, 0.1) is 0 Å². The van der Waals surface area contributed by atoms with Gasteiger partial charge in [0.05, 0.1) is 11.1 Å². The van der Waals surface area contributed by atoms with E-state index in [1.54, 1.807) is 6.07 Å². The van der Waals surface area contributed by atoms with E-state index in [0.29, 0.717) is 29.8 Å². The molecule has 2 aromatic heterocycles. The van der Waals surface area contributed by atoms with Crippen molar-refractivity contribution in [1.29, 1.82) is 0 Å². The Hall–Kier alpha value is -2.59. The van der Waals surface area contributed by atoms with Gasteiger partial charge in [-0.05, 0) is 24.3 Å². The summed E-state index contributed by atoms with van der Waals surface area (Å²) in [6.07, 6.45) is -2.03. The lowest BCUT2D eigenvalue weighted by molar-refractivity contribution is -0.139. The van der Waals surface area contributed by atoms with E-state index in [0.717, 1.165) is 29.2 Å². The fourth-order valence-electron chi connectivity index (χ4n) is 3.40. The third kappa shape index (κ3) is 3.12. The van der Waals surface area contributed by atoms with Crippen molar-refractivity contribution in [3.05, 3.63) is 54.4 Å². The highest BCUT2D eigenvalue weighted by Gasteiger charge is 2.37. The Morgan fingerprint density at radius 3 is 2.46 bits per heavy atom. The average Bonchev–Trinajstić information content (AvgIpc) is 3.13. The second kappa shape index (κ2) is 6.78. The van der Waals surface area contributed by atoms with E-state index in [1.165, 1.54) is 30.6 Å². The summed E-state index contributed by atoms with van der Waals surface area (Å²) >= 11 is 0. The summed E-state index contributed by atoms with van der Waals surface area (Å²) in [6, 6.07) is 7.26. The van der Waals surface area contributed by atoms with Crippen LogP contribution in [-0.2, 0) is 16.2 Å². The van der Waals surface area contributed by atoms with Crippen LogP contribution in [0.4, 0.5) is 19.0 Å². The first-order chi connectivity index (χ1) is 13.3. The molecule has 148 valence electrons. The van der Waals surface area contributed by atoms with Crippen molar-refractivity contribution in [3.63, 3.8) is 0 Å². The Kier molecular flexibility index (Phi) is 4.54. The maximum atomic E-state index is 13.3. The van der Waals surface area contributed by atoms with Gasteiger partial charge in [0.15, 0.2) is 0 Å². The van der Waals surface area contributed by atoms with Crippen LogP contribution in [0.5, 0.6) is 0 Å². The number of fused-ring (bicyclic) bond motifs is 1. The molecule has 0 bridgehead atoms. The van der Waals surface area contributed by atoms with E-state index in [9.17, 15) is 21.6 Å². The second-order valence-corrected chi connectivity index (χ2v) is 8.20. The molecule has 1 aromatic carbocycles. The largest absolute Gasteiger partial charge is 0.417 e. The maximum absolute atomic E-state index is 13.3. The SMILES string of the molecule is O=S(=O)(c1ccccc1C(F)(F)F)n1ccc2c(N3CCNCC3)nccc21. The number of hydrogen-bond acceptors (Lipinski definition) is 5. The molecule has 4 rings (SSSR count). The molecule has 1 fully saturated rings. The number of rotatable bonds is 3. The van der Waals surface area contributed by atoms with Crippen molar-refractivity contribution < 1.29 is 21.6 Å². The zero-order valence-corrected chi connectivity index (χ0v) is 15.5. The fourth-order valence-corrected chi connectivity index (χ4v) is 4.96. The number of nitrogens with one attached hydrogen (secondary N) is 1. The number of hydrogen-bond donors (Lipinski definition) is 1. The maximum Gasteiger partial charge on any atom is 0.417 e. The number of anilines is 1. The summed E-state index contributed by atoms with van der Waals surface area (Å²) < 4.78 is 67.1. The van der Waals surface area contributed by atoms with E-state index < -0.39 is 26.7 Å². The van der Waals surface area contributed by atoms with Crippen LogP contribution in [0.15, 0.2) is 53.7 Å². The van der Waals surface area contributed by atoms with Crippen LogP contribution in [0.1, 0.15) is 5.56 Å². The van der Waals surface area contributed by atoms with E-state index in [2.05, 4.69) is 10.3 Å². The van der Waals surface area contributed by atoms with E-state index in [-0.39, 0.29) is 0 Å². The Balaban J connectivity index is 1.87. The molecule has 0 aliphatic carbocycles. The van der Waals surface area contributed by atoms with Gasteiger partial charge in [-0.15, -0.1) is 0 Å². The van der Waals surface area contributed by atoms with Crippen molar-refractivity contribution in [2.45, 2.75) is 11.1 Å². The van der Waals surface area contributed by atoms with Crippen molar-refractivity contribution in [3.8, 4) is 0 Å². The molecule has 3 heterocycles. The Morgan fingerprint density at radius 1 is 1.04 bits per heavy atom. The molecule has 28 heavy (non-hydrogen) atoms. The summed E-state index contributed by atoms with van der Waals surface area (Å²) in [5, 5.41) is 3.81. The highest BCUT2D eigenvalue weighted by Crippen LogP contribution is 2.36. The van der Waals surface area contributed by atoms with Crippen LogP contribution in [0.2, 0.25) is 0 Å². The zero-order chi connectivity index (χ0) is 19.9. The molecule has 0 amide bonds. The molecule has 0 atom stereocenters. The van der Waals surface area contributed by atoms with Crippen molar-refractivity contribution in [1.82, 2.24) is 14.3 Å².